The Morgan fingerprint density at radius 1 is 1.14 bits per heavy atom. The van der Waals surface area contributed by atoms with Crippen molar-refractivity contribution in [2.45, 2.75) is 47.3 Å². The number of nitrogens with zero attached hydrogens (tertiary/aromatic N) is 5. The van der Waals surface area contributed by atoms with E-state index in [4.69, 9.17) is 0 Å². The summed E-state index contributed by atoms with van der Waals surface area (Å²) >= 11 is 0. The van der Waals surface area contributed by atoms with Gasteiger partial charge in [0.1, 0.15) is 5.82 Å². The van der Waals surface area contributed by atoms with Gasteiger partial charge in [-0.15, -0.1) is 0 Å². The third-order valence-electron chi connectivity index (χ3n) is 3.46. The quantitative estimate of drug-likeness (QED) is 0.861. The summed E-state index contributed by atoms with van der Waals surface area (Å²) in [5.41, 5.74) is 2.42. The summed E-state index contributed by atoms with van der Waals surface area (Å²) in [4.78, 5) is 9.13. The van der Waals surface area contributed by atoms with Crippen molar-refractivity contribution in [3.63, 3.8) is 0 Å². The average molecular weight is 288 g/mol. The number of aromatic nitrogens is 5. The van der Waals surface area contributed by atoms with Crippen molar-refractivity contribution in [2.75, 3.05) is 0 Å². The Kier molecular flexibility index (Phi) is 4.90. The van der Waals surface area contributed by atoms with Gasteiger partial charge in [-0.2, -0.15) is 5.10 Å². The molecule has 0 saturated heterocycles. The highest BCUT2D eigenvalue weighted by molar-refractivity contribution is 5.48. The van der Waals surface area contributed by atoms with Crippen molar-refractivity contribution in [1.29, 1.82) is 0 Å². The average Bonchev–Trinajstić information content (AvgIpc) is 3.12. The molecular formula is C15H24N6. The molecule has 0 spiro atoms. The van der Waals surface area contributed by atoms with E-state index in [1.165, 1.54) is 5.69 Å². The molecule has 0 saturated carbocycles. The standard InChI is InChI=1S/C11H16N6.C4H8/c1-4-17-9-6-12-5-8(9)14-11(17)10-13-7(2)15-16(10)3;1-3-4-2/h12H,4-6H2,1-3H3;3-4H,1-2H3/b;4-3-. The molecule has 0 unspecified atom stereocenters. The zero-order valence-corrected chi connectivity index (χ0v) is 13.5. The van der Waals surface area contributed by atoms with E-state index in [0.29, 0.717) is 0 Å². The second-order valence-electron chi connectivity index (χ2n) is 4.95. The maximum Gasteiger partial charge on any atom is 0.194 e. The van der Waals surface area contributed by atoms with Gasteiger partial charge in [-0.25, -0.2) is 14.6 Å². The highest BCUT2D eigenvalue weighted by Crippen LogP contribution is 2.23. The number of fused-ring (bicyclic) bond motifs is 1. The van der Waals surface area contributed by atoms with Crippen LogP contribution in [0.3, 0.4) is 0 Å². The molecule has 3 heterocycles. The Bertz CT molecular complexity index is 631. The highest BCUT2D eigenvalue weighted by Gasteiger charge is 2.23. The summed E-state index contributed by atoms with van der Waals surface area (Å²) in [7, 11) is 1.91. The molecule has 2 aromatic rings. The molecule has 0 aliphatic carbocycles. The number of imidazole rings is 1. The Morgan fingerprint density at radius 2 is 1.86 bits per heavy atom. The van der Waals surface area contributed by atoms with E-state index in [1.807, 2.05) is 40.0 Å². The second kappa shape index (κ2) is 6.67. The predicted octanol–water partition coefficient (Wildman–Crippen LogP) is 2.19. The number of aryl methyl sites for hydroxylation is 2. The van der Waals surface area contributed by atoms with Gasteiger partial charge in [-0.1, -0.05) is 12.2 Å². The Morgan fingerprint density at radius 3 is 2.38 bits per heavy atom. The lowest BCUT2D eigenvalue weighted by molar-refractivity contribution is 0.667. The van der Waals surface area contributed by atoms with Crippen LogP contribution in [0.4, 0.5) is 0 Å². The monoisotopic (exact) mass is 288 g/mol. The molecule has 114 valence electrons. The van der Waals surface area contributed by atoms with Crippen LogP contribution >= 0.6 is 0 Å². The van der Waals surface area contributed by atoms with E-state index in [2.05, 4.69) is 31.9 Å². The van der Waals surface area contributed by atoms with E-state index in [1.54, 1.807) is 4.68 Å². The summed E-state index contributed by atoms with van der Waals surface area (Å²) in [6, 6.07) is 0. The molecule has 0 atom stereocenters. The summed E-state index contributed by atoms with van der Waals surface area (Å²) in [6.07, 6.45) is 4.00. The molecule has 2 aromatic heterocycles. The number of nitrogens with one attached hydrogen (secondary N) is 1. The molecule has 21 heavy (non-hydrogen) atoms. The highest BCUT2D eigenvalue weighted by atomic mass is 15.4. The van der Waals surface area contributed by atoms with E-state index < -0.39 is 0 Å². The smallest absolute Gasteiger partial charge is 0.194 e. The molecule has 3 rings (SSSR count). The number of hydrogen-bond acceptors (Lipinski definition) is 4. The maximum absolute atomic E-state index is 4.68. The largest absolute Gasteiger partial charge is 0.324 e. The third kappa shape index (κ3) is 3.05. The zero-order valence-electron chi connectivity index (χ0n) is 13.5. The summed E-state index contributed by atoms with van der Waals surface area (Å²) in [5.74, 6) is 2.56. The second-order valence-corrected chi connectivity index (χ2v) is 4.95. The van der Waals surface area contributed by atoms with Gasteiger partial charge in [0.05, 0.1) is 11.4 Å². The molecule has 0 radical (unpaired) electrons. The van der Waals surface area contributed by atoms with Gasteiger partial charge in [0, 0.05) is 26.7 Å². The van der Waals surface area contributed by atoms with Gasteiger partial charge in [-0.05, 0) is 27.7 Å². The molecule has 1 aliphatic heterocycles. The lowest BCUT2D eigenvalue weighted by Gasteiger charge is -2.07. The van der Waals surface area contributed by atoms with Crippen LogP contribution in [0.2, 0.25) is 0 Å². The molecule has 0 aromatic carbocycles. The van der Waals surface area contributed by atoms with Crippen LogP contribution < -0.4 is 5.32 Å². The summed E-state index contributed by atoms with van der Waals surface area (Å²) in [6.45, 7) is 10.7. The van der Waals surface area contributed by atoms with Crippen LogP contribution in [0.15, 0.2) is 12.2 Å². The first-order valence-electron chi connectivity index (χ1n) is 7.36. The van der Waals surface area contributed by atoms with Crippen molar-refractivity contribution in [3.8, 4) is 11.6 Å². The van der Waals surface area contributed by atoms with Gasteiger partial charge in [0.15, 0.2) is 11.6 Å². The molecule has 1 N–H and O–H groups in total. The molecule has 0 fully saturated rings. The fraction of sp³-hybridized carbons (Fsp3) is 0.533. The third-order valence-corrected chi connectivity index (χ3v) is 3.46. The van der Waals surface area contributed by atoms with Crippen LogP contribution in [-0.2, 0) is 26.7 Å². The lowest BCUT2D eigenvalue weighted by atomic mass is 10.4. The van der Waals surface area contributed by atoms with Crippen molar-refractivity contribution in [1.82, 2.24) is 29.6 Å². The first-order valence-corrected chi connectivity index (χ1v) is 7.36. The van der Waals surface area contributed by atoms with Crippen LogP contribution in [0.25, 0.3) is 11.6 Å². The van der Waals surface area contributed by atoms with Crippen molar-refractivity contribution in [2.24, 2.45) is 7.05 Å². The van der Waals surface area contributed by atoms with Crippen molar-refractivity contribution in [3.05, 3.63) is 29.4 Å². The molecule has 0 amide bonds. The first-order chi connectivity index (χ1) is 10.1. The van der Waals surface area contributed by atoms with E-state index in [-0.39, 0.29) is 0 Å². The van der Waals surface area contributed by atoms with Gasteiger partial charge < -0.3 is 9.88 Å². The zero-order chi connectivity index (χ0) is 15.4. The van der Waals surface area contributed by atoms with Crippen molar-refractivity contribution < 1.29 is 0 Å². The van der Waals surface area contributed by atoms with Crippen LogP contribution in [0.1, 0.15) is 38.0 Å². The topological polar surface area (TPSA) is 60.6 Å². The maximum atomic E-state index is 4.68. The molecule has 1 aliphatic rings. The van der Waals surface area contributed by atoms with Crippen molar-refractivity contribution >= 4 is 0 Å². The number of rotatable bonds is 2. The fourth-order valence-corrected chi connectivity index (χ4v) is 2.39. The van der Waals surface area contributed by atoms with Crippen LogP contribution in [0.5, 0.6) is 0 Å². The Balaban J connectivity index is 0.000000361. The predicted molar refractivity (Wildman–Crippen MR) is 83.7 cm³/mol. The Labute approximate surface area is 125 Å². The first kappa shape index (κ1) is 15.4. The summed E-state index contributed by atoms with van der Waals surface area (Å²) < 4.78 is 4.02. The minimum Gasteiger partial charge on any atom is -0.324 e. The van der Waals surface area contributed by atoms with E-state index in [0.717, 1.165) is 42.8 Å². The SMILES string of the molecule is C/C=C\C.CCn1c(-c2nc(C)nn2C)nc2c1CNC2. The lowest BCUT2D eigenvalue weighted by Crippen LogP contribution is -2.10. The molecule has 6 heteroatoms. The van der Waals surface area contributed by atoms with E-state index in [9.17, 15) is 0 Å². The molecule has 0 bridgehead atoms. The minimum atomic E-state index is 0.784. The van der Waals surface area contributed by atoms with E-state index >= 15 is 0 Å². The number of allylic oxidation sites excluding steroid dienone is 2. The fourth-order valence-electron chi connectivity index (χ4n) is 2.39. The van der Waals surface area contributed by atoms with Gasteiger partial charge >= 0.3 is 0 Å². The number of hydrogen-bond donors (Lipinski definition) is 1. The van der Waals surface area contributed by atoms with Gasteiger partial charge in [-0.3, -0.25) is 0 Å². The molecular weight excluding hydrogens is 264 g/mol. The normalized spacial score (nSPS) is 13.4. The minimum absolute atomic E-state index is 0.784. The summed E-state index contributed by atoms with van der Waals surface area (Å²) in [5, 5.41) is 7.60. The Hall–Kier alpha value is -1.95. The van der Waals surface area contributed by atoms with Gasteiger partial charge in [0.25, 0.3) is 0 Å². The van der Waals surface area contributed by atoms with Gasteiger partial charge in [0.2, 0.25) is 0 Å². The molecule has 6 nitrogen and oxygen atoms in total. The van der Waals surface area contributed by atoms with Crippen LogP contribution in [-0.4, -0.2) is 24.3 Å². The van der Waals surface area contributed by atoms with Crippen LogP contribution in [0, 0.1) is 6.92 Å².